The molecule has 0 spiro atoms. The first-order valence-electron chi connectivity index (χ1n) is 6.43. The number of hydrogen-bond acceptors (Lipinski definition) is 4. The van der Waals surface area contributed by atoms with Crippen molar-refractivity contribution in [2.45, 2.75) is 0 Å². The molecule has 0 bridgehead atoms. The van der Waals surface area contributed by atoms with Gasteiger partial charge in [0.2, 0.25) is 0 Å². The van der Waals surface area contributed by atoms with E-state index >= 15 is 0 Å². The van der Waals surface area contributed by atoms with Gasteiger partial charge in [0, 0.05) is 19.2 Å². The van der Waals surface area contributed by atoms with Crippen LogP contribution in [0.4, 0.5) is 11.6 Å². The van der Waals surface area contributed by atoms with Gasteiger partial charge in [-0.1, -0.05) is 18.2 Å². The fourth-order valence-electron chi connectivity index (χ4n) is 2.02. The van der Waals surface area contributed by atoms with Gasteiger partial charge >= 0.3 is 0 Å². The normalized spacial score (nSPS) is 16.1. The fourth-order valence-corrected chi connectivity index (χ4v) is 2.02. The minimum absolute atomic E-state index is 0.758. The molecule has 0 radical (unpaired) electrons. The first-order chi connectivity index (χ1) is 9.42. The average molecular weight is 256 g/mol. The second-order valence-electron chi connectivity index (χ2n) is 4.37. The maximum absolute atomic E-state index is 5.77. The van der Waals surface area contributed by atoms with E-state index in [2.05, 4.69) is 9.89 Å². The Balaban J connectivity index is 1.69. The molecule has 1 aromatic heterocycles. The second-order valence-corrected chi connectivity index (χ2v) is 4.37. The van der Waals surface area contributed by atoms with Gasteiger partial charge in [-0.3, -0.25) is 4.99 Å². The predicted molar refractivity (Wildman–Crippen MR) is 75.4 cm³/mol. The maximum atomic E-state index is 5.77. The highest BCUT2D eigenvalue weighted by atomic mass is 16.5. The van der Waals surface area contributed by atoms with E-state index in [1.54, 1.807) is 6.21 Å². The monoisotopic (exact) mass is 256 g/mol. The van der Waals surface area contributed by atoms with Crippen molar-refractivity contribution in [3.8, 4) is 0 Å². The number of rotatable bonds is 3. The highest BCUT2D eigenvalue weighted by Gasteiger charge is 2.13. The summed E-state index contributed by atoms with van der Waals surface area (Å²) in [6, 6.07) is 13.8. The van der Waals surface area contributed by atoms with E-state index in [9.17, 15) is 0 Å². The van der Waals surface area contributed by atoms with Crippen molar-refractivity contribution in [1.82, 2.24) is 0 Å². The van der Waals surface area contributed by atoms with E-state index in [0.717, 1.165) is 43.6 Å². The highest BCUT2D eigenvalue weighted by Crippen LogP contribution is 2.19. The number of nitrogens with zero attached hydrogens (tertiary/aromatic N) is 2. The Hall–Kier alpha value is -2.07. The lowest BCUT2D eigenvalue weighted by Crippen LogP contribution is -2.35. The number of aliphatic imine (C=N–C) groups is 1. The summed E-state index contributed by atoms with van der Waals surface area (Å²) in [6.45, 7) is 3.27. The van der Waals surface area contributed by atoms with Gasteiger partial charge < -0.3 is 14.1 Å². The van der Waals surface area contributed by atoms with E-state index in [-0.39, 0.29) is 0 Å². The van der Waals surface area contributed by atoms with Gasteiger partial charge in [0.05, 0.1) is 25.1 Å². The lowest BCUT2D eigenvalue weighted by Gasteiger charge is -2.26. The minimum atomic E-state index is 0.758. The van der Waals surface area contributed by atoms with Crippen molar-refractivity contribution in [3.05, 3.63) is 48.2 Å². The lowest BCUT2D eigenvalue weighted by atomic mass is 10.3. The molecule has 1 aliphatic heterocycles. The molecular formula is C15H16N2O2. The first kappa shape index (κ1) is 12.0. The van der Waals surface area contributed by atoms with Gasteiger partial charge in [-0.2, -0.15) is 0 Å². The van der Waals surface area contributed by atoms with Crippen LogP contribution < -0.4 is 4.90 Å². The van der Waals surface area contributed by atoms with Gasteiger partial charge in [0.25, 0.3) is 0 Å². The van der Waals surface area contributed by atoms with Gasteiger partial charge in [-0.25, -0.2) is 0 Å². The van der Waals surface area contributed by atoms with Gasteiger partial charge in [0.15, 0.2) is 5.88 Å². The summed E-state index contributed by atoms with van der Waals surface area (Å²) in [7, 11) is 0. The zero-order valence-electron chi connectivity index (χ0n) is 10.7. The molecule has 1 aromatic carbocycles. The summed E-state index contributed by atoms with van der Waals surface area (Å²) in [4.78, 5) is 6.56. The Kier molecular flexibility index (Phi) is 3.61. The Bertz CT molecular complexity index is 542. The minimum Gasteiger partial charge on any atom is -0.440 e. The third kappa shape index (κ3) is 3.03. The lowest BCUT2D eigenvalue weighted by molar-refractivity contribution is 0.120. The molecule has 0 N–H and O–H groups in total. The molecule has 1 aliphatic rings. The third-order valence-electron chi connectivity index (χ3n) is 3.03. The standard InChI is InChI=1S/C15H16N2O2/c1-2-4-13(5-3-1)16-12-14-6-7-15(19-14)17-8-10-18-11-9-17/h1-7,12H,8-11H2. The Morgan fingerprint density at radius 1 is 1.00 bits per heavy atom. The van der Waals surface area contributed by atoms with Crippen LogP contribution in [0.3, 0.4) is 0 Å². The maximum Gasteiger partial charge on any atom is 0.196 e. The Labute approximate surface area is 112 Å². The summed E-state index contributed by atoms with van der Waals surface area (Å²) in [5.74, 6) is 1.66. The van der Waals surface area contributed by atoms with Crippen LogP contribution in [-0.4, -0.2) is 32.5 Å². The Morgan fingerprint density at radius 3 is 2.58 bits per heavy atom. The van der Waals surface area contributed by atoms with Gasteiger partial charge in [0.1, 0.15) is 5.76 Å². The van der Waals surface area contributed by atoms with Crippen LogP contribution in [0.2, 0.25) is 0 Å². The number of anilines is 1. The molecule has 3 rings (SSSR count). The zero-order valence-corrected chi connectivity index (χ0v) is 10.7. The molecule has 2 heterocycles. The number of benzene rings is 1. The molecule has 0 aliphatic carbocycles. The molecule has 2 aromatic rings. The molecule has 98 valence electrons. The van der Waals surface area contributed by atoms with E-state index in [4.69, 9.17) is 9.15 Å². The molecule has 0 atom stereocenters. The van der Waals surface area contributed by atoms with Crippen molar-refractivity contribution in [1.29, 1.82) is 0 Å². The van der Waals surface area contributed by atoms with Crippen molar-refractivity contribution in [2.24, 2.45) is 4.99 Å². The van der Waals surface area contributed by atoms with Crippen LogP contribution in [0.15, 0.2) is 51.9 Å². The summed E-state index contributed by atoms with van der Waals surface area (Å²) in [5.41, 5.74) is 0.923. The molecule has 1 saturated heterocycles. The smallest absolute Gasteiger partial charge is 0.196 e. The first-order valence-corrected chi connectivity index (χ1v) is 6.43. The number of para-hydroxylation sites is 1. The van der Waals surface area contributed by atoms with Crippen molar-refractivity contribution < 1.29 is 9.15 Å². The fraction of sp³-hybridized carbons (Fsp3) is 0.267. The zero-order chi connectivity index (χ0) is 12.9. The molecule has 4 heteroatoms. The number of morpholine rings is 1. The number of hydrogen-bond donors (Lipinski definition) is 0. The van der Waals surface area contributed by atoms with Gasteiger partial charge in [-0.05, 0) is 18.2 Å². The van der Waals surface area contributed by atoms with Crippen molar-refractivity contribution >= 4 is 17.8 Å². The SMILES string of the molecule is C(=Nc1ccccc1)c1ccc(N2CCOCC2)o1. The molecule has 1 fully saturated rings. The molecule has 0 saturated carbocycles. The van der Waals surface area contributed by atoms with E-state index in [1.165, 1.54) is 0 Å². The topological polar surface area (TPSA) is 38.0 Å². The average Bonchev–Trinajstić information content (AvgIpc) is 2.96. The van der Waals surface area contributed by atoms with Crippen LogP contribution in [-0.2, 0) is 4.74 Å². The van der Waals surface area contributed by atoms with Crippen LogP contribution in [0.1, 0.15) is 5.76 Å². The van der Waals surface area contributed by atoms with Crippen LogP contribution in [0, 0.1) is 0 Å². The van der Waals surface area contributed by atoms with Crippen LogP contribution >= 0.6 is 0 Å². The molecule has 0 amide bonds. The van der Waals surface area contributed by atoms with Crippen LogP contribution in [0.5, 0.6) is 0 Å². The van der Waals surface area contributed by atoms with Gasteiger partial charge in [-0.15, -0.1) is 0 Å². The summed E-state index contributed by atoms with van der Waals surface area (Å²) in [5, 5.41) is 0. The van der Waals surface area contributed by atoms with Crippen molar-refractivity contribution in [2.75, 3.05) is 31.2 Å². The molecular weight excluding hydrogens is 240 g/mol. The second kappa shape index (κ2) is 5.71. The highest BCUT2D eigenvalue weighted by molar-refractivity contribution is 5.79. The summed E-state index contributed by atoms with van der Waals surface area (Å²) in [6.07, 6.45) is 1.75. The van der Waals surface area contributed by atoms with E-state index in [1.807, 2.05) is 42.5 Å². The molecule has 0 unspecified atom stereocenters. The van der Waals surface area contributed by atoms with E-state index < -0.39 is 0 Å². The summed E-state index contributed by atoms with van der Waals surface area (Å²) >= 11 is 0. The largest absolute Gasteiger partial charge is 0.440 e. The third-order valence-corrected chi connectivity index (χ3v) is 3.03. The summed E-state index contributed by atoms with van der Waals surface area (Å²) < 4.78 is 11.1. The molecule has 19 heavy (non-hydrogen) atoms. The molecule has 4 nitrogen and oxygen atoms in total. The number of furan rings is 1. The predicted octanol–water partition coefficient (Wildman–Crippen LogP) is 2.87. The quantitative estimate of drug-likeness (QED) is 0.792. The van der Waals surface area contributed by atoms with E-state index in [0.29, 0.717) is 0 Å². The Morgan fingerprint density at radius 2 is 1.79 bits per heavy atom. The number of ether oxygens (including phenoxy) is 1. The van der Waals surface area contributed by atoms with Crippen LogP contribution in [0.25, 0.3) is 0 Å². The van der Waals surface area contributed by atoms with Crippen molar-refractivity contribution in [3.63, 3.8) is 0 Å².